The molecule has 3 aromatic carbocycles. The van der Waals surface area contributed by atoms with Crippen LogP contribution in [-0.2, 0) is 20.4 Å². The van der Waals surface area contributed by atoms with Crippen molar-refractivity contribution in [2.75, 3.05) is 33.5 Å². The van der Waals surface area contributed by atoms with Crippen LogP contribution in [0.4, 0.5) is 0 Å². The van der Waals surface area contributed by atoms with Crippen molar-refractivity contribution >= 4 is 10.9 Å². The van der Waals surface area contributed by atoms with Gasteiger partial charge in [0.25, 0.3) is 0 Å². The summed E-state index contributed by atoms with van der Waals surface area (Å²) in [5.74, 6) is 2.47. The highest BCUT2D eigenvalue weighted by Crippen LogP contribution is 2.38. The summed E-state index contributed by atoms with van der Waals surface area (Å²) >= 11 is 0. The molecule has 0 aliphatic carbocycles. The zero-order valence-corrected chi connectivity index (χ0v) is 21.4. The summed E-state index contributed by atoms with van der Waals surface area (Å²) in [7, 11) is 1.38. The molecule has 0 amide bonds. The van der Waals surface area contributed by atoms with E-state index in [9.17, 15) is 0 Å². The Hall–Kier alpha value is -3.51. The standard InChI is InChI=1S/C29H33O5S/c1-6-31-16-18-33-24-8-12-27(13-9-24)35(29-22(3)20-26(30-5)21-23(29)4)28-14-10-25(11-15-28)34-19-17-32-7-2/h6-15,20-21H,1-2,16-19H2,3-5H3/q+1. The third kappa shape index (κ3) is 7.23. The molecule has 0 saturated heterocycles. The summed E-state index contributed by atoms with van der Waals surface area (Å²) in [6.07, 6.45) is 2.84. The van der Waals surface area contributed by atoms with Crippen LogP contribution in [0.25, 0.3) is 0 Å². The lowest BCUT2D eigenvalue weighted by atomic mass is 10.1. The molecule has 0 N–H and O–H groups in total. The van der Waals surface area contributed by atoms with Crippen LogP contribution in [0.3, 0.4) is 0 Å². The van der Waals surface area contributed by atoms with Gasteiger partial charge in [-0.1, -0.05) is 13.2 Å². The number of benzene rings is 3. The van der Waals surface area contributed by atoms with E-state index in [1.54, 1.807) is 7.11 Å². The molecule has 0 spiro atoms. The molecule has 184 valence electrons. The van der Waals surface area contributed by atoms with E-state index in [4.69, 9.17) is 23.7 Å². The second-order valence-corrected chi connectivity index (χ2v) is 9.57. The Labute approximate surface area is 211 Å². The van der Waals surface area contributed by atoms with Gasteiger partial charge in [-0.2, -0.15) is 0 Å². The van der Waals surface area contributed by atoms with Gasteiger partial charge in [-0.3, -0.25) is 0 Å². The Morgan fingerprint density at radius 3 is 1.46 bits per heavy atom. The summed E-state index contributed by atoms with van der Waals surface area (Å²) in [6.45, 7) is 13.2. The van der Waals surface area contributed by atoms with Crippen molar-refractivity contribution in [2.24, 2.45) is 0 Å². The highest BCUT2D eigenvalue weighted by Gasteiger charge is 2.32. The van der Waals surface area contributed by atoms with Gasteiger partial charge in [0.05, 0.1) is 30.5 Å². The molecule has 0 heterocycles. The van der Waals surface area contributed by atoms with Crippen molar-refractivity contribution < 1.29 is 23.7 Å². The van der Waals surface area contributed by atoms with Gasteiger partial charge in [-0.05, 0) is 74.5 Å². The quantitative estimate of drug-likeness (QED) is 0.146. The van der Waals surface area contributed by atoms with Gasteiger partial charge in [0.1, 0.15) is 43.7 Å². The lowest BCUT2D eigenvalue weighted by Crippen LogP contribution is -2.10. The first-order valence-corrected chi connectivity index (χ1v) is 12.6. The van der Waals surface area contributed by atoms with Gasteiger partial charge in [-0.15, -0.1) is 0 Å². The third-order valence-corrected chi connectivity index (χ3v) is 7.71. The van der Waals surface area contributed by atoms with E-state index in [-0.39, 0.29) is 10.9 Å². The van der Waals surface area contributed by atoms with Crippen molar-refractivity contribution in [3.05, 3.63) is 97.5 Å². The molecule has 0 fully saturated rings. The van der Waals surface area contributed by atoms with E-state index in [0.29, 0.717) is 26.4 Å². The molecule has 0 unspecified atom stereocenters. The molecule has 0 radical (unpaired) electrons. The van der Waals surface area contributed by atoms with E-state index in [2.05, 4.69) is 63.4 Å². The number of aryl methyl sites for hydroxylation is 2. The summed E-state index contributed by atoms with van der Waals surface area (Å²) < 4.78 is 27.3. The summed E-state index contributed by atoms with van der Waals surface area (Å²) in [4.78, 5) is 3.68. The minimum absolute atomic E-state index is 0.325. The summed E-state index contributed by atoms with van der Waals surface area (Å²) in [5, 5.41) is 0. The minimum Gasteiger partial charge on any atom is -0.498 e. The van der Waals surface area contributed by atoms with Crippen LogP contribution in [0, 0.1) is 13.8 Å². The predicted octanol–water partition coefficient (Wildman–Crippen LogP) is 6.49. The topological polar surface area (TPSA) is 46.2 Å². The Morgan fingerprint density at radius 2 is 1.09 bits per heavy atom. The van der Waals surface area contributed by atoms with Crippen LogP contribution in [0.1, 0.15) is 11.1 Å². The number of methoxy groups -OCH3 is 1. The number of hydrogen-bond donors (Lipinski definition) is 0. The number of hydrogen-bond acceptors (Lipinski definition) is 5. The van der Waals surface area contributed by atoms with E-state index in [1.165, 1.54) is 38.3 Å². The molecule has 0 aliphatic heterocycles. The van der Waals surface area contributed by atoms with Gasteiger partial charge < -0.3 is 23.7 Å². The molecule has 3 rings (SSSR count). The molecule has 0 aromatic heterocycles. The zero-order chi connectivity index (χ0) is 25.0. The van der Waals surface area contributed by atoms with Crippen LogP contribution < -0.4 is 14.2 Å². The molecule has 5 nitrogen and oxygen atoms in total. The van der Waals surface area contributed by atoms with Crippen molar-refractivity contribution in [2.45, 2.75) is 28.5 Å². The molecule has 0 atom stereocenters. The van der Waals surface area contributed by atoms with Crippen LogP contribution in [-0.4, -0.2) is 33.5 Å². The van der Waals surface area contributed by atoms with Crippen molar-refractivity contribution in [3.8, 4) is 17.2 Å². The van der Waals surface area contributed by atoms with Crippen molar-refractivity contribution in [3.63, 3.8) is 0 Å². The van der Waals surface area contributed by atoms with E-state index in [1.807, 2.05) is 24.3 Å². The first-order chi connectivity index (χ1) is 17.1. The van der Waals surface area contributed by atoms with Gasteiger partial charge in [0.15, 0.2) is 14.7 Å². The van der Waals surface area contributed by atoms with Crippen LogP contribution >= 0.6 is 0 Å². The summed E-state index contributed by atoms with van der Waals surface area (Å²) in [5.41, 5.74) is 2.38. The maximum absolute atomic E-state index is 5.78. The molecule has 6 heteroatoms. The number of ether oxygens (including phenoxy) is 5. The minimum atomic E-state index is -0.325. The Morgan fingerprint density at radius 1 is 0.657 bits per heavy atom. The van der Waals surface area contributed by atoms with E-state index < -0.39 is 0 Å². The molecule has 35 heavy (non-hydrogen) atoms. The largest absolute Gasteiger partial charge is 0.498 e. The molecular formula is C29H33O5S+. The summed E-state index contributed by atoms with van der Waals surface area (Å²) in [6, 6.07) is 20.7. The Bertz CT molecular complexity index is 1010. The highest BCUT2D eigenvalue weighted by atomic mass is 32.2. The highest BCUT2D eigenvalue weighted by molar-refractivity contribution is 7.97. The fourth-order valence-corrected chi connectivity index (χ4v) is 5.97. The van der Waals surface area contributed by atoms with Gasteiger partial charge in [0.2, 0.25) is 0 Å². The van der Waals surface area contributed by atoms with Crippen LogP contribution in [0.2, 0.25) is 0 Å². The normalized spacial score (nSPS) is 10.5. The fourth-order valence-electron chi connectivity index (χ4n) is 3.65. The Kier molecular flexibility index (Phi) is 9.99. The zero-order valence-electron chi connectivity index (χ0n) is 20.6. The van der Waals surface area contributed by atoms with E-state index >= 15 is 0 Å². The average molecular weight is 494 g/mol. The monoisotopic (exact) mass is 493 g/mol. The Balaban J connectivity index is 1.92. The smallest absolute Gasteiger partial charge is 0.172 e. The molecule has 0 bridgehead atoms. The lowest BCUT2D eigenvalue weighted by Gasteiger charge is -2.15. The molecule has 0 aliphatic rings. The molecular weight excluding hydrogens is 460 g/mol. The SMILES string of the molecule is C=COCCOc1ccc([S+](c2ccc(OCCOC=C)cc2)c2c(C)cc(OC)cc2C)cc1. The van der Waals surface area contributed by atoms with Crippen LogP contribution in [0.5, 0.6) is 17.2 Å². The van der Waals surface area contributed by atoms with E-state index in [0.717, 1.165) is 17.2 Å². The third-order valence-electron chi connectivity index (χ3n) is 5.17. The average Bonchev–Trinajstić information content (AvgIpc) is 2.87. The fraction of sp³-hybridized carbons (Fsp3) is 0.241. The predicted molar refractivity (Wildman–Crippen MR) is 141 cm³/mol. The molecule has 0 saturated carbocycles. The van der Waals surface area contributed by atoms with Crippen molar-refractivity contribution in [1.29, 1.82) is 0 Å². The van der Waals surface area contributed by atoms with Gasteiger partial charge in [-0.25, -0.2) is 0 Å². The maximum Gasteiger partial charge on any atom is 0.172 e. The van der Waals surface area contributed by atoms with Crippen molar-refractivity contribution in [1.82, 2.24) is 0 Å². The molecule has 3 aromatic rings. The lowest BCUT2D eigenvalue weighted by molar-refractivity contribution is 0.179. The van der Waals surface area contributed by atoms with Crippen LogP contribution in [0.15, 0.2) is 101 Å². The maximum atomic E-state index is 5.78. The van der Waals surface area contributed by atoms with Gasteiger partial charge in [0, 0.05) is 11.1 Å². The second-order valence-electron chi connectivity index (χ2n) is 7.61. The first-order valence-electron chi connectivity index (χ1n) is 11.4. The first kappa shape index (κ1) is 26.1. The van der Waals surface area contributed by atoms with Gasteiger partial charge >= 0.3 is 0 Å². The second kappa shape index (κ2) is 13.4. The number of rotatable bonds is 14.